The summed E-state index contributed by atoms with van der Waals surface area (Å²) in [5, 5.41) is 25.9. The molecule has 5 atom stereocenters. The summed E-state index contributed by atoms with van der Waals surface area (Å²) in [6, 6.07) is -4.75. The van der Waals surface area contributed by atoms with Crippen molar-refractivity contribution in [3.8, 4) is 0 Å². The molecule has 0 aromatic heterocycles. The number of carbonyl (C=O) groups is 5. The predicted octanol–water partition coefficient (Wildman–Crippen LogP) is -2.19. The quantitative estimate of drug-likeness (QED) is 0.155. The van der Waals surface area contributed by atoms with Gasteiger partial charge in [-0.15, -0.1) is 0 Å². The lowest BCUT2D eigenvalue weighted by Gasteiger charge is -2.28. The van der Waals surface area contributed by atoms with E-state index >= 15 is 0 Å². The number of carboxylic acid groups (broad SMARTS) is 1. The van der Waals surface area contributed by atoms with E-state index in [1.54, 1.807) is 27.7 Å². The van der Waals surface area contributed by atoms with Gasteiger partial charge in [0, 0.05) is 6.42 Å². The smallest absolute Gasteiger partial charge is 0.326 e. The molecule has 0 aliphatic rings. The molecule has 12 heteroatoms. The largest absolute Gasteiger partial charge is 0.480 e. The van der Waals surface area contributed by atoms with Crippen molar-refractivity contribution in [1.29, 1.82) is 0 Å². The number of hydrogen-bond acceptors (Lipinski definition) is 7. The summed E-state index contributed by atoms with van der Waals surface area (Å²) < 4.78 is 0. The van der Waals surface area contributed by atoms with E-state index in [-0.39, 0.29) is 24.7 Å². The van der Waals surface area contributed by atoms with Gasteiger partial charge < -0.3 is 37.6 Å². The third-order valence-electron chi connectivity index (χ3n) is 4.88. The summed E-state index contributed by atoms with van der Waals surface area (Å²) in [7, 11) is 0. The van der Waals surface area contributed by atoms with Crippen molar-refractivity contribution in [2.45, 2.75) is 71.1 Å². The van der Waals surface area contributed by atoms with Gasteiger partial charge in [0.2, 0.25) is 23.6 Å². The Balaban J connectivity index is 5.26. The van der Waals surface area contributed by atoms with Crippen molar-refractivity contribution < 1.29 is 34.2 Å². The van der Waals surface area contributed by atoms with Crippen LogP contribution in [0.25, 0.3) is 0 Å². The zero-order chi connectivity index (χ0) is 24.3. The fourth-order valence-corrected chi connectivity index (χ4v) is 2.61. The molecule has 0 fully saturated rings. The number of aliphatic hydroxyl groups excluding tert-OH is 1. The van der Waals surface area contributed by atoms with Gasteiger partial charge in [-0.1, -0.05) is 34.1 Å². The first kappa shape index (κ1) is 28.3. The number of rotatable bonds is 14. The Morgan fingerprint density at radius 2 is 1.45 bits per heavy atom. The Bertz CT molecular complexity index is 656. The van der Waals surface area contributed by atoms with Gasteiger partial charge in [-0.2, -0.15) is 0 Å². The van der Waals surface area contributed by atoms with Gasteiger partial charge in [-0.05, 0) is 18.3 Å². The Labute approximate surface area is 181 Å². The summed E-state index contributed by atoms with van der Waals surface area (Å²) in [5.74, 6) is -4.89. The number of nitrogens with two attached hydrogens (primary N) is 2. The second-order valence-electron chi connectivity index (χ2n) is 7.80. The minimum absolute atomic E-state index is 0.0371. The number of primary amides is 1. The van der Waals surface area contributed by atoms with E-state index < -0.39 is 60.4 Å². The fraction of sp³-hybridized carbons (Fsp3) is 0.737. The zero-order valence-electron chi connectivity index (χ0n) is 18.4. The second kappa shape index (κ2) is 13.5. The van der Waals surface area contributed by atoms with Gasteiger partial charge in [0.05, 0.1) is 12.6 Å². The molecular weight excluding hydrogens is 410 g/mol. The molecule has 0 heterocycles. The topological polar surface area (TPSA) is 214 Å². The minimum Gasteiger partial charge on any atom is -0.480 e. The van der Waals surface area contributed by atoms with Crippen molar-refractivity contribution in [2.75, 3.05) is 6.61 Å². The highest BCUT2D eigenvalue weighted by Gasteiger charge is 2.33. The Morgan fingerprint density at radius 1 is 0.903 bits per heavy atom. The van der Waals surface area contributed by atoms with Gasteiger partial charge in [0.25, 0.3) is 0 Å². The molecule has 178 valence electrons. The van der Waals surface area contributed by atoms with Crippen molar-refractivity contribution in [3.63, 3.8) is 0 Å². The SMILES string of the molecule is CCC(C)C(NC(=O)C(CO)NC(=O)C(N)CCC(N)=O)C(=O)NC(C(=O)O)C(C)C. The summed E-state index contributed by atoms with van der Waals surface area (Å²) >= 11 is 0. The van der Waals surface area contributed by atoms with Crippen LogP contribution >= 0.6 is 0 Å². The van der Waals surface area contributed by atoms with Crippen LogP contribution in [0.3, 0.4) is 0 Å². The van der Waals surface area contributed by atoms with E-state index in [1.165, 1.54) is 0 Å². The van der Waals surface area contributed by atoms with E-state index in [0.717, 1.165) is 0 Å². The van der Waals surface area contributed by atoms with Crippen molar-refractivity contribution in [2.24, 2.45) is 23.3 Å². The highest BCUT2D eigenvalue weighted by molar-refractivity contribution is 5.94. The standard InChI is InChI=1S/C19H35N5O7/c1-5-10(4)15(18(29)23-14(9(2)3)19(30)31)24-17(28)12(8-25)22-16(27)11(20)6-7-13(21)26/h9-12,14-15,25H,5-8,20H2,1-4H3,(H2,21,26)(H,22,27)(H,23,29)(H,24,28)(H,30,31). The number of nitrogens with one attached hydrogen (secondary N) is 3. The maximum atomic E-state index is 12.7. The molecule has 0 spiro atoms. The average molecular weight is 446 g/mol. The first-order chi connectivity index (χ1) is 14.3. The van der Waals surface area contributed by atoms with E-state index in [4.69, 9.17) is 11.5 Å². The number of hydrogen-bond donors (Lipinski definition) is 7. The molecular formula is C19H35N5O7. The number of carbonyl (C=O) groups excluding carboxylic acids is 4. The lowest BCUT2D eigenvalue weighted by molar-refractivity contribution is -0.144. The van der Waals surface area contributed by atoms with E-state index in [1.807, 2.05) is 0 Å². The Kier molecular flexibility index (Phi) is 12.4. The number of aliphatic hydroxyl groups is 1. The monoisotopic (exact) mass is 445 g/mol. The summed E-state index contributed by atoms with van der Waals surface area (Å²) in [6.45, 7) is 5.99. The van der Waals surface area contributed by atoms with Crippen LogP contribution in [-0.4, -0.2) is 70.6 Å². The molecule has 12 nitrogen and oxygen atoms in total. The van der Waals surface area contributed by atoms with Gasteiger partial charge in [0.15, 0.2) is 0 Å². The third-order valence-corrected chi connectivity index (χ3v) is 4.88. The normalized spacial score (nSPS) is 15.8. The van der Waals surface area contributed by atoms with Crippen molar-refractivity contribution in [3.05, 3.63) is 0 Å². The number of aliphatic carboxylic acids is 1. The number of amides is 4. The lowest BCUT2D eigenvalue weighted by atomic mass is 9.96. The van der Waals surface area contributed by atoms with Crippen molar-refractivity contribution in [1.82, 2.24) is 16.0 Å². The molecule has 0 rings (SSSR count). The van der Waals surface area contributed by atoms with Crippen LogP contribution in [0, 0.1) is 11.8 Å². The van der Waals surface area contributed by atoms with Gasteiger partial charge >= 0.3 is 5.97 Å². The summed E-state index contributed by atoms with van der Waals surface area (Å²) in [5.41, 5.74) is 10.7. The Morgan fingerprint density at radius 3 is 1.87 bits per heavy atom. The molecule has 0 aliphatic carbocycles. The average Bonchev–Trinajstić information content (AvgIpc) is 2.70. The van der Waals surface area contributed by atoms with Crippen LogP contribution in [0.5, 0.6) is 0 Å². The van der Waals surface area contributed by atoms with Crippen LogP contribution in [0.2, 0.25) is 0 Å². The van der Waals surface area contributed by atoms with Crippen LogP contribution in [0.15, 0.2) is 0 Å². The van der Waals surface area contributed by atoms with Crippen LogP contribution < -0.4 is 27.4 Å². The molecule has 0 bridgehead atoms. The van der Waals surface area contributed by atoms with Crippen LogP contribution in [0.4, 0.5) is 0 Å². The predicted molar refractivity (Wildman–Crippen MR) is 111 cm³/mol. The maximum Gasteiger partial charge on any atom is 0.326 e. The minimum atomic E-state index is -1.40. The van der Waals surface area contributed by atoms with E-state index in [9.17, 15) is 34.2 Å². The van der Waals surface area contributed by atoms with E-state index in [2.05, 4.69) is 16.0 Å². The maximum absolute atomic E-state index is 12.7. The first-order valence-electron chi connectivity index (χ1n) is 10.1. The molecule has 0 saturated carbocycles. The number of carboxylic acids is 1. The van der Waals surface area contributed by atoms with Crippen LogP contribution in [-0.2, 0) is 24.0 Å². The molecule has 0 aromatic rings. The third kappa shape index (κ3) is 9.75. The molecule has 31 heavy (non-hydrogen) atoms. The first-order valence-corrected chi connectivity index (χ1v) is 10.1. The van der Waals surface area contributed by atoms with Gasteiger partial charge in [0.1, 0.15) is 18.1 Å². The molecule has 0 aliphatic heterocycles. The fourth-order valence-electron chi connectivity index (χ4n) is 2.61. The molecule has 0 aromatic carbocycles. The van der Waals surface area contributed by atoms with Crippen molar-refractivity contribution >= 4 is 29.6 Å². The molecule has 0 saturated heterocycles. The highest BCUT2D eigenvalue weighted by atomic mass is 16.4. The summed E-state index contributed by atoms with van der Waals surface area (Å²) in [4.78, 5) is 59.6. The summed E-state index contributed by atoms with van der Waals surface area (Å²) in [6.07, 6.45) is 0.331. The molecule has 4 amide bonds. The van der Waals surface area contributed by atoms with E-state index in [0.29, 0.717) is 6.42 Å². The van der Waals surface area contributed by atoms with Crippen LogP contribution in [0.1, 0.15) is 47.0 Å². The molecule has 5 unspecified atom stereocenters. The lowest BCUT2D eigenvalue weighted by Crippen LogP contribution is -2.59. The highest BCUT2D eigenvalue weighted by Crippen LogP contribution is 2.10. The molecule has 9 N–H and O–H groups in total. The Hall–Kier alpha value is -2.73. The zero-order valence-corrected chi connectivity index (χ0v) is 18.4. The second-order valence-corrected chi connectivity index (χ2v) is 7.80. The molecule has 0 radical (unpaired) electrons. The van der Waals surface area contributed by atoms with Gasteiger partial charge in [-0.25, -0.2) is 4.79 Å². The van der Waals surface area contributed by atoms with Gasteiger partial charge in [-0.3, -0.25) is 19.2 Å².